The summed E-state index contributed by atoms with van der Waals surface area (Å²) in [5, 5.41) is 2.57. The van der Waals surface area contributed by atoms with Crippen LogP contribution in [0.1, 0.15) is 25.3 Å². The molecular weight excluding hydrogens is 300 g/mol. The number of anilines is 1. The van der Waals surface area contributed by atoms with E-state index in [1.807, 2.05) is 0 Å². The molecule has 23 heavy (non-hydrogen) atoms. The minimum atomic E-state index is -0.878. The fourth-order valence-electron chi connectivity index (χ4n) is 1.73. The summed E-state index contributed by atoms with van der Waals surface area (Å²) in [6.45, 7) is 1.65. The summed E-state index contributed by atoms with van der Waals surface area (Å²) in [6.07, 6.45) is 4.81. The molecule has 1 aromatic carbocycles. The summed E-state index contributed by atoms with van der Waals surface area (Å²) < 4.78 is 27.2. The maximum atomic E-state index is 13.7. The molecule has 1 aliphatic rings. The second-order valence-corrected chi connectivity index (χ2v) is 5.31. The Hall–Kier alpha value is -2.81. The Morgan fingerprint density at radius 2 is 2.04 bits per heavy atom. The first-order chi connectivity index (χ1) is 10.9. The van der Waals surface area contributed by atoms with Gasteiger partial charge in [-0.25, -0.2) is 8.78 Å². The molecule has 4 nitrogen and oxygen atoms in total. The molecule has 1 aromatic rings. The van der Waals surface area contributed by atoms with E-state index >= 15 is 0 Å². The van der Waals surface area contributed by atoms with Crippen LogP contribution in [-0.4, -0.2) is 5.91 Å². The van der Waals surface area contributed by atoms with Crippen molar-refractivity contribution in [3.8, 4) is 11.8 Å². The van der Waals surface area contributed by atoms with Gasteiger partial charge in [-0.1, -0.05) is 11.8 Å². The molecule has 1 amide bonds. The third kappa shape index (κ3) is 4.58. The number of benzene rings is 1. The number of allylic oxidation sites excluding steroid dienone is 3. The van der Waals surface area contributed by atoms with Gasteiger partial charge in [0, 0.05) is 5.92 Å². The fourth-order valence-corrected chi connectivity index (χ4v) is 1.73. The number of halogens is 2. The van der Waals surface area contributed by atoms with E-state index in [4.69, 9.17) is 11.5 Å². The number of carbonyl (C=O) groups is 1. The van der Waals surface area contributed by atoms with Crippen molar-refractivity contribution < 1.29 is 13.6 Å². The number of nitrogen functional groups attached to an aromatic ring is 1. The Balaban J connectivity index is 2.08. The zero-order valence-electron chi connectivity index (χ0n) is 12.6. The van der Waals surface area contributed by atoms with E-state index in [9.17, 15) is 13.6 Å². The first-order valence-corrected chi connectivity index (χ1v) is 7.09. The molecule has 6 heteroatoms. The molecule has 0 aliphatic heterocycles. The molecule has 0 atom stereocenters. The number of hydrogen-bond donors (Lipinski definition) is 3. The molecule has 5 N–H and O–H groups in total. The number of nitrogens with one attached hydrogen (secondary N) is 1. The van der Waals surface area contributed by atoms with Gasteiger partial charge in [-0.2, -0.15) is 0 Å². The molecule has 0 bridgehead atoms. The van der Waals surface area contributed by atoms with E-state index < -0.39 is 11.6 Å². The molecule has 0 spiro atoms. The zero-order valence-corrected chi connectivity index (χ0v) is 12.6. The van der Waals surface area contributed by atoms with Crippen LogP contribution >= 0.6 is 0 Å². The SMILES string of the molecule is C/C(C#Cc1c(F)ccc(N)c1F)=C\C=C(/N)NC(=O)C1CC1. The van der Waals surface area contributed by atoms with Gasteiger partial charge in [-0.3, -0.25) is 4.79 Å². The highest BCUT2D eigenvalue weighted by Gasteiger charge is 2.29. The van der Waals surface area contributed by atoms with Crippen LogP contribution in [0.4, 0.5) is 14.5 Å². The first-order valence-electron chi connectivity index (χ1n) is 7.09. The predicted octanol–water partition coefficient (Wildman–Crippen LogP) is 2.17. The van der Waals surface area contributed by atoms with Crippen molar-refractivity contribution in [3.63, 3.8) is 0 Å². The Labute approximate surface area is 133 Å². The number of carbonyl (C=O) groups excluding carboxylic acids is 1. The van der Waals surface area contributed by atoms with E-state index in [0.717, 1.165) is 25.0 Å². The average Bonchev–Trinajstić information content (AvgIpc) is 3.34. The van der Waals surface area contributed by atoms with E-state index in [1.54, 1.807) is 13.0 Å². The Morgan fingerprint density at radius 3 is 2.70 bits per heavy atom. The molecular formula is C17H17F2N3O. The van der Waals surface area contributed by atoms with Crippen LogP contribution in [0.2, 0.25) is 0 Å². The molecule has 1 fully saturated rings. The lowest BCUT2D eigenvalue weighted by molar-refractivity contribution is -0.121. The minimum Gasteiger partial charge on any atom is -0.396 e. The minimum absolute atomic E-state index is 0.0568. The summed E-state index contributed by atoms with van der Waals surface area (Å²) in [4.78, 5) is 11.5. The summed E-state index contributed by atoms with van der Waals surface area (Å²) in [6, 6.07) is 2.21. The van der Waals surface area contributed by atoms with Crippen LogP contribution in [0, 0.1) is 29.4 Å². The highest BCUT2D eigenvalue weighted by atomic mass is 19.1. The van der Waals surface area contributed by atoms with E-state index in [0.29, 0.717) is 5.57 Å². The lowest BCUT2D eigenvalue weighted by Gasteiger charge is -2.02. The number of rotatable bonds is 3. The zero-order chi connectivity index (χ0) is 17.0. The van der Waals surface area contributed by atoms with E-state index in [-0.39, 0.29) is 28.9 Å². The largest absolute Gasteiger partial charge is 0.396 e. The second kappa shape index (κ2) is 6.97. The molecule has 0 aromatic heterocycles. The van der Waals surface area contributed by atoms with Crippen molar-refractivity contribution in [2.45, 2.75) is 19.8 Å². The summed E-state index contributed by atoms with van der Waals surface area (Å²) >= 11 is 0. The van der Waals surface area contributed by atoms with Gasteiger partial charge in [0.25, 0.3) is 0 Å². The summed E-state index contributed by atoms with van der Waals surface area (Å²) in [7, 11) is 0. The molecule has 0 saturated heterocycles. The fraction of sp³-hybridized carbons (Fsp3) is 0.235. The lowest BCUT2D eigenvalue weighted by atomic mass is 10.1. The topological polar surface area (TPSA) is 81.1 Å². The van der Waals surface area contributed by atoms with Gasteiger partial charge < -0.3 is 16.8 Å². The highest BCUT2D eigenvalue weighted by Crippen LogP contribution is 2.28. The van der Waals surface area contributed by atoms with Gasteiger partial charge >= 0.3 is 0 Å². The van der Waals surface area contributed by atoms with Crippen molar-refractivity contribution in [1.29, 1.82) is 0 Å². The van der Waals surface area contributed by atoms with Crippen LogP contribution in [0.3, 0.4) is 0 Å². The maximum Gasteiger partial charge on any atom is 0.228 e. The van der Waals surface area contributed by atoms with Crippen LogP contribution in [0.25, 0.3) is 0 Å². The Morgan fingerprint density at radius 1 is 1.35 bits per heavy atom. The van der Waals surface area contributed by atoms with Gasteiger partial charge in [0.1, 0.15) is 11.6 Å². The normalized spacial score (nSPS) is 14.9. The van der Waals surface area contributed by atoms with Gasteiger partial charge in [0.2, 0.25) is 5.91 Å². The summed E-state index contributed by atoms with van der Waals surface area (Å²) in [5.41, 5.74) is 11.0. The average molecular weight is 317 g/mol. The molecule has 0 heterocycles. The quantitative estimate of drug-likeness (QED) is 0.454. The van der Waals surface area contributed by atoms with Crippen molar-refractivity contribution in [2.75, 3.05) is 5.73 Å². The molecule has 0 unspecified atom stereocenters. The maximum absolute atomic E-state index is 13.7. The molecule has 0 radical (unpaired) electrons. The lowest BCUT2D eigenvalue weighted by Crippen LogP contribution is -2.28. The van der Waals surface area contributed by atoms with E-state index in [1.165, 1.54) is 6.08 Å². The van der Waals surface area contributed by atoms with Crippen LogP contribution in [-0.2, 0) is 4.79 Å². The van der Waals surface area contributed by atoms with Gasteiger partial charge in [0.15, 0.2) is 5.82 Å². The van der Waals surface area contributed by atoms with Gasteiger partial charge in [-0.05, 0) is 49.6 Å². The highest BCUT2D eigenvalue weighted by molar-refractivity contribution is 5.82. The van der Waals surface area contributed by atoms with Crippen LogP contribution < -0.4 is 16.8 Å². The number of nitrogens with two attached hydrogens (primary N) is 2. The van der Waals surface area contributed by atoms with Crippen molar-refractivity contribution in [2.24, 2.45) is 11.7 Å². The third-order valence-corrected chi connectivity index (χ3v) is 3.23. The smallest absolute Gasteiger partial charge is 0.228 e. The molecule has 120 valence electrons. The number of amides is 1. The van der Waals surface area contributed by atoms with Gasteiger partial charge in [0.05, 0.1) is 11.3 Å². The first kappa shape index (κ1) is 16.6. The predicted molar refractivity (Wildman–Crippen MR) is 84.5 cm³/mol. The van der Waals surface area contributed by atoms with Crippen LogP contribution in [0.15, 0.2) is 35.7 Å². The standard InChI is InChI=1S/C17H17F2N3O/c1-10(3-9-15(21)22-17(23)11-4-5-11)2-6-12-13(18)7-8-14(20)16(12)19/h3,7-9,11H,4-5,20-21H2,1H3,(H,22,23)/b10-3+,15-9+. The molecule has 1 saturated carbocycles. The van der Waals surface area contributed by atoms with Crippen molar-refractivity contribution >= 4 is 11.6 Å². The Kier molecular flexibility index (Phi) is 5.02. The third-order valence-electron chi connectivity index (χ3n) is 3.23. The Bertz CT molecular complexity index is 753. The van der Waals surface area contributed by atoms with Gasteiger partial charge in [-0.15, -0.1) is 0 Å². The number of hydrogen-bond acceptors (Lipinski definition) is 3. The molecule has 2 rings (SSSR count). The van der Waals surface area contributed by atoms with Crippen molar-refractivity contribution in [3.05, 3.63) is 52.9 Å². The summed E-state index contributed by atoms with van der Waals surface area (Å²) in [5.74, 6) is 3.53. The van der Waals surface area contributed by atoms with Crippen LogP contribution in [0.5, 0.6) is 0 Å². The van der Waals surface area contributed by atoms with E-state index in [2.05, 4.69) is 17.2 Å². The monoisotopic (exact) mass is 317 g/mol. The second-order valence-electron chi connectivity index (χ2n) is 5.31. The molecule has 1 aliphatic carbocycles. The van der Waals surface area contributed by atoms with Crippen molar-refractivity contribution in [1.82, 2.24) is 5.32 Å².